The van der Waals surface area contributed by atoms with Crippen LogP contribution in [0.4, 0.5) is 0 Å². The third kappa shape index (κ3) is 3.29. The fourth-order valence-electron chi connectivity index (χ4n) is 2.27. The molecule has 1 aromatic rings. The van der Waals surface area contributed by atoms with E-state index in [0.29, 0.717) is 50.2 Å². The number of fused-ring (bicyclic) bond motifs is 1. The average Bonchev–Trinajstić information content (AvgIpc) is 2.77. The number of ether oxygens (including phenoxy) is 2. The number of hydrogen-bond donors (Lipinski definition) is 1. The van der Waals surface area contributed by atoms with Crippen molar-refractivity contribution in [2.24, 2.45) is 0 Å². The van der Waals surface area contributed by atoms with Gasteiger partial charge in [0.05, 0.1) is 18.8 Å². The summed E-state index contributed by atoms with van der Waals surface area (Å²) in [5, 5.41) is 9.82. The Bertz CT molecular complexity index is 521. The highest BCUT2D eigenvalue weighted by Crippen LogP contribution is 2.34. The number of ketones is 1. The molecule has 20 heavy (non-hydrogen) atoms. The van der Waals surface area contributed by atoms with Gasteiger partial charge in [0.25, 0.3) is 0 Å². The fraction of sp³-hybridized carbons (Fsp3) is 0.467. The molecule has 1 aliphatic rings. The molecule has 0 spiro atoms. The maximum atomic E-state index is 11.5. The average molecular weight is 278 g/mol. The lowest BCUT2D eigenvalue weighted by Crippen LogP contribution is -2.07. The largest absolute Gasteiger partial charge is 0.507 e. The lowest BCUT2D eigenvalue weighted by atomic mass is 10.1. The van der Waals surface area contributed by atoms with Crippen molar-refractivity contribution in [1.82, 2.24) is 0 Å². The number of Topliss-reactive ketones (excluding diaryl/α,β-unsaturated/α-hetero) is 1. The Morgan fingerprint density at radius 3 is 2.90 bits per heavy atom. The predicted octanol–water partition coefficient (Wildman–Crippen LogP) is 2.24. The van der Waals surface area contributed by atoms with E-state index >= 15 is 0 Å². The normalized spacial score (nSPS) is 13.2. The third-order valence-corrected chi connectivity index (χ3v) is 3.17. The number of aromatic hydroxyl groups is 1. The summed E-state index contributed by atoms with van der Waals surface area (Å²) in [7, 11) is 0. The van der Waals surface area contributed by atoms with Crippen LogP contribution in [0.5, 0.6) is 11.5 Å². The highest BCUT2D eigenvalue weighted by atomic mass is 16.5. The van der Waals surface area contributed by atoms with Gasteiger partial charge in [-0.3, -0.25) is 9.59 Å². The molecule has 0 saturated heterocycles. The van der Waals surface area contributed by atoms with Crippen LogP contribution in [-0.2, 0) is 16.0 Å². The number of carbonyl (C=O) groups is 2. The first-order valence-corrected chi connectivity index (χ1v) is 6.79. The number of phenolic OH excluding ortho intramolecular Hbond substituents is 1. The Morgan fingerprint density at radius 2 is 2.15 bits per heavy atom. The molecule has 2 rings (SSSR count). The van der Waals surface area contributed by atoms with Crippen molar-refractivity contribution in [1.29, 1.82) is 0 Å². The van der Waals surface area contributed by atoms with E-state index in [1.807, 2.05) is 0 Å². The van der Waals surface area contributed by atoms with Gasteiger partial charge in [-0.15, -0.1) is 0 Å². The monoisotopic (exact) mass is 278 g/mol. The minimum atomic E-state index is -0.238. The minimum Gasteiger partial charge on any atom is -0.507 e. The zero-order valence-corrected chi connectivity index (χ0v) is 11.5. The number of benzene rings is 1. The number of phenols is 1. The molecule has 0 aliphatic heterocycles. The number of rotatable bonds is 6. The Morgan fingerprint density at radius 1 is 1.35 bits per heavy atom. The molecule has 0 bridgehead atoms. The molecule has 0 aromatic heterocycles. The fourth-order valence-corrected chi connectivity index (χ4v) is 2.27. The van der Waals surface area contributed by atoms with E-state index in [9.17, 15) is 14.7 Å². The molecule has 0 fully saturated rings. The molecule has 1 aromatic carbocycles. The van der Waals surface area contributed by atoms with Crippen molar-refractivity contribution in [3.8, 4) is 11.5 Å². The second kappa shape index (κ2) is 6.41. The molecular formula is C15H18O5. The topological polar surface area (TPSA) is 72.8 Å². The summed E-state index contributed by atoms with van der Waals surface area (Å²) in [5.74, 6) is 0.245. The molecular weight excluding hydrogens is 260 g/mol. The SMILES string of the molecule is CCOC(=O)CCCOc1cc(O)c2c(c1)CCC2=O. The quantitative estimate of drug-likeness (QED) is 0.638. The van der Waals surface area contributed by atoms with E-state index in [4.69, 9.17) is 9.47 Å². The summed E-state index contributed by atoms with van der Waals surface area (Å²) in [6.45, 7) is 2.51. The Kier molecular flexibility index (Phi) is 4.61. The molecule has 1 aliphatic carbocycles. The van der Waals surface area contributed by atoms with Crippen LogP contribution < -0.4 is 4.74 Å². The van der Waals surface area contributed by atoms with Gasteiger partial charge in [0.1, 0.15) is 11.5 Å². The minimum absolute atomic E-state index is 0.0219. The second-order valence-corrected chi connectivity index (χ2v) is 4.66. The highest BCUT2D eigenvalue weighted by Gasteiger charge is 2.24. The van der Waals surface area contributed by atoms with E-state index in [-0.39, 0.29) is 17.5 Å². The van der Waals surface area contributed by atoms with Gasteiger partial charge in [-0.05, 0) is 31.4 Å². The van der Waals surface area contributed by atoms with E-state index in [1.54, 1.807) is 13.0 Å². The standard InChI is InChI=1S/C15H18O5/c1-2-19-14(18)4-3-7-20-11-8-10-5-6-12(16)15(10)13(17)9-11/h8-9,17H,2-7H2,1H3. The van der Waals surface area contributed by atoms with Gasteiger partial charge in [0, 0.05) is 18.9 Å². The molecule has 0 amide bonds. The van der Waals surface area contributed by atoms with E-state index in [1.165, 1.54) is 6.07 Å². The van der Waals surface area contributed by atoms with Crippen LogP contribution in [0.15, 0.2) is 12.1 Å². The lowest BCUT2D eigenvalue weighted by molar-refractivity contribution is -0.143. The molecule has 0 radical (unpaired) electrons. The van der Waals surface area contributed by atoms with Crippen LogP contribution in [-0.4, -0.2) is 30.1 Å². The van der Waals surface area contributed by atoms with Crippen molar-refractivity contribution in [3.05, 3.63) is 23.3 Å². The van der Waals surface area contributed by atoms with Crippen LogP contribution in [0, 0.1) is 0 Å². The first kappa shape index (κ1) is 14.4. The Hall–Kier alpha value is -2.04. The van der Waals surface area contributed by atoms with E-state index < -0.39 is 0 Å². The first-order chi connectivity index (χ1) is 9.61. The molecule has 5 nitrogen and oxygen atoms in total. The van der Waals surface area contributed by atoms with E-state index in [0.717, 1.165) is 5.56 Å². The maximum Gasteiger partial charge on any atom is 0.305 e. The molecule has 0 atom stereocenters. The number of carbonyl (C=O) groups excluding carboxylic acids is 2. The summed E-state index contributed by atoms with van der Waals surface area (Å²) >= 11 is 0. The second-order valence-electron chi connectivity index (χ2n) is 4.66. The van der Waals surface area contributed by atoms with Gasteiger partial charge in [0.2, 0.25) is 0 Å². The molecule has 0 unspecified atom stereocenters. The highest BCUT2D eigenvalue weighted by molar-refractivity contribution is 6.03. The zero-order valence-electron chi connectivity index (χ0n) is 11.5. The van der Waals surface area contributed by atoms with E-state index in [2.05, 4.69) is 0 Å². The number of esters is 1. The zero-order chi connectivity index (χ0) is 14.5. The maximum absolute atomic E-state index is 11.5. The first-order valence-electron chi connectivity index (χ1n) is 6.79. The Balaban J connectivity index is 1.87. The predicted molar refractivity (Wildman–Crippen MR) is 72.1 cm³/mol. The number of hydrogen-bond acceptors (Lipinski definition) is 5. The molecule has 5 heteroatoms. The van der Waals surface area contributed by atoms with Gasteiger partial charge < -0.3 is 14.6 Å². The summed E-state index contributed by atoms with van der Waals surface area (Å²) in [4.78, 5) is 22.7. The van der Waals surface area contributed by atoms with Crippen LogP contribution >= 0.6 is 0 Å². The van der Waals surface area contributed by atoms with Crippen molar-refractivity contribution in [3.63, 3.8) is 0 Å². The molecule has 0 heterocycles. The summed E-state index contributed by atoms with van der Waals surface area (Å²) in [5.41, 5.74) is 1.25. The van der Waals surface area contributed by atoms with Crippen LogP contribution in [0.2, 0.25) is 0 Å². The smallest absolute Gasteiger partial charge is 0.305 e. The summed E-state index contributed by atoms with van der Waals surface area (Å²) in [6, 6.07) is 3.23. The van der Waals surface area contributed by atoms with Gasteiger partial charge in [-0.2, -0.15) is 0 Å². The van der Waals surface area contributed by atoms with Crippen molar-refractivity contribution in [2.45, 2.75) is 32.6 Å². The molecule has 108 valence electrons. The van der Waals surface area contributed by atoms with Gasteiger partial charge in [0.15, 0.2) is 5.78 Å². The summed E-state index contributed by atoms with van der Waals surface area (Å²) in [6.07, 6.45) is 1.94. The number of aryl methyl sites for hydroxylation is 1. The van der Waals surface area contributed by atoms with Crippen molar-refractivity contribution >= 4 is 11.8 Å². The lowest BCUT2D eigenvalue weighted by Gasteiger charge is -2.09. The van der Waals surface area contributed by atoms with Crippen LogP contribution in [0.1, 0.15) is 42.1 Å². The van der Waals surface area contributed by atoms with Crippen molar-refractivity contribution in [2.75, 3.05) is 13.2 Å². The summed E-state index contributed by atoms with van der Waals surface area (Å²) < 4.78 is 10.3. The Labute approximate surface area is 117 Å². The van der Waals surface area contributed by atoms with Crippen LogP contribution in [0.3, 0.4) is 0 Å². The molecule has 1 N–H and O–H groups in total. The third-order valence-electron chi connectivity index (χ3n) is 3.17. The van der Waals surface area contributed by atoms with Crippen molar-refractivity contribution < 1.29 is 24.2 Å². The van der Waals surface area contributed by atoms with Gasteiger partial charge in [-0.1, -0.05) is 0 Å². The molecule has 0 saturated carbocycles. The van der Waals surface area contributed by atoms with Gasteiger partial charge in [-0.25, -0.2) is 0 Å². The van der Waals surface area contributed by atoms with Gasteiger partial charge >= 0.3 is 5.97 Å². The van der Waals surface area contributed by atoms with Crippen LogP contribution in [0.25, 0.3) is 0 Å².